The molecule has 96 valence electrons. The van der Waals surface area contributed by atoms with Crippen molar-refractivity contribution in [2.24, 2.45) is 0 Å². The fourth-order valence-corrected chi connectivity index (χ4v) is 1.99. The Balaban J connectivity index is 2.57. The fourth-order valence-electron chi connectivity index (χ4n) is 1.99. The van der Waals surface area contributed by atoms with Crippen LogP contribution in [0.15, 0.2) is 24.3 Å². The third kappa shape index (κ3) is 2.67. The molecule has 0 radical (unpaired) electrons. The number of aromatic nitrogens is 1. The maximum atomic E-state index is 13.3. The molecule has 0 aliphatic heterocycles. The van der Waals surface area contributed by atoms with Gasteiger partial charge in [0.15, 0.2) is 0 Å². The van der Waals surface area contributed by atoms with E-state index in [2.05, 4.69) is 37.1 Å². The molecular formula is C15H19FN2. The van der Waals surface area contributed by atoms with Gasteiger partial charge in [-0.15, -0.1) is 0 Å². The molecule has 0 aliphatic rings. The number of benzene rings is 1. The fraction of sp³-hybridized carbons (Fsp3) is 0.400. The number of hydrogen-bond donors (Lipinski definition) is 1. The van der Waals surface area contributed by atoms with E-state index in [1.165, 1.54) is 6.07 Å². The van der Waals surface area contributed by atoms with E-state index in [1.54, 1.807) is 12.1 Å². The Morgan fingerprint density at radius 2 is 2.06 bits per heavy atom. The van der Waals surface area contributed by atoms with Gasteiger partial charge in [0.1, 0.15) is 5.82 Å². The Kier molecular flexibility index (Phi) is 3.92. The lowest BCUT2D eigenvalue weighted by molar-refractivity contribution is 0.629. The van der Waals surface area contributed by atoms with Gasteiger partial charge in [0, 0.05) is 17.6 Å². The number of halogens is 1. The summed E-state index contributed by atoms with van der Waals surface area (Å²) in [4.78, 5) is 4.59. The minimum atomic E-state index is -0.209. The standard InChI is InChI=1S/C15H19FN2/c1-4-17-9-11-7-15(10(2)3)18-14-6-5-12(16)8-13(11)14/h5-8,10,17H,4,9H2,1-3H3. The first kappa shape index (κ1) is 13.0. The quantitative estimate of drug-likeness (QED) is 0.891. The van der Waals surface area contributed by atoms with E-state index >= 15 is 0 Å². The van der Waals surface area contributed by atoms with Gasteiger partial charge in [0.25, 0.3) is 0 Å². The summed E-state index contributed by atoms with van der Waals surface area (Å²) in [5, 5.41) is 4.20. The van der Waals surface area contributed by atoms with Crippen molar-refractivity contribution in [3.63, 3.8) is 0 Å². The summed E-state index contributed by atoms with van der Waals surface area (Å²) >= 11 is 0. The molecule has 0 saturated carbocycles. The largest absolute Gasteiger partial charge is 0.313 e. The molecule has 1 aromatic carbocycles. The van der Waals surface area contributed by atoms with Crippen LogP contribution in [0.25, 0.3) is 10.9 Å². The minimum absolute atomic E-state index is 0.209. The zero-order valence-electron chi connectivity index (χ0n) is 11.1. The van der Waals surface area contributed by atoms with Crippen LogP contribution >= 0.6 is 0 Å². The van der Waals surface area contributed by atoms with E-state index in [9.17, 15) is 4.39 Å². The van der Waals surface area contributed by atoms with Crippen LogP contribution in [0.4, 0.5) is 4.39 Å². The average molecular weight is 246 g/mol. The van der Waals surface area contributed by atoms with E-state index in [-0.39, 0.29) is 5.82 Å². The van der Waals surface area contributed by atoms with E-state index in [4.69, 9.17) is 0 Å². The van der Waals surface area contributed by atoms with Crippen LogP contribution in [0, 0.1) is 5.82 Å². The lowest BCUT2D eigenvalue weighted by Crippen LogP contribution is -2.13. The molecule has 2 rings (SSSR count). The lowest BCUT2D eigenvalue weighted by Gasteiger charge is -2.12. The first-order valence-corrected chi connectivity index (χ1v) is 6.41. The molecule has 1 aromatic heterocycles. The van der Waals surface area contributed by atoms with Crippen molar-refractivity contribution in [2.45, 2.75) is 33.2 Å². The van der Waals surface area contributed by atoms with Crippen LogP contribution in [0.5, 0.6) is 0 Å². The van der Waals surface area contributed by atoms with Crippen molar-refractivity contribution in [3.8, 4) is 0 Å². The predicted molar refractivity (Wildman–Crippen MR) is 73.2 cm³/mol. The highest BCUT2D eigenvalue weighted by Crippen LogP contribution is 2.23. The molecule has 0 atom stereocenters. The second-order valence-electron chi connectivity index (χ2n) is 4.80. The normalized spacial score (nSPS) is 11.4. The summed E-state index contributed by atoms with van der Waals surface area (Å²) < 4.78 is 13.3. The monoisotopic (exact) mass is 246 g/mol. The highest BCUT2D eigenvalue weighted by Gasteiger charge is 2.09. The second-order valence-corrected chi connectivity index (χ2v) is 4.80. The summed E-state index contributed by atoms with van der Waals surface area (Å²) in [5.74, 6) is 0.166. The predicted octanol–water partition coefficient (Wildman–Crippen LogP) is 3.61. The van der Waals surface area contributed by atoms with Crippen LogP contribution in [0.1, 0.15) is 37.9 Å². The van der Waals surface area contributed by atoms with Crippen LogP contribution in [-0.2, 0) is 6.54 Å². The number of rotatable bonds is 4. The van der Waals surface area contributed by atoms with Gasteiger partial charge >= 0.3 is 0 Å². The summed E-state index contributed by atoms with van der Waals surface area (Å²) in [7, 11) is 0. The van der Waals surface area contributed by atoms with Gasteiger partial charge in [-0.3, -0.25) is 4.98 Å². The Labute approximate surface area is 107 Å². The van der Waals surface area contributed by atoms with E-state index < -0.39 is 0 Å². The minimum Gasteiger partial charge on any atom is -0.313 e. The molecule has 0 unspecified atom stereocenters. The third-order valence-corrected chi connectivity index (χ3v) is 3.03. The molecule has 18 heavy (non-hydrogen) atoms. The average Bonchev–Trinajstić information content (AvgIpc) is 2.35. The van der Waals surface area contributed by atoms with Gasteiger partial charge in [0.2, 0.25) is 0 Å². The summed E-state index contributed by atoms with van der Waals surface area (Å²) in [6.07, 6.45) is 0. The smallest absolute Gasteiger partial charge is 0.123 e. The van der Waals surface area contributed by atoms with Gasteiger partial charge in [-0.25, -0.2) is 4.39 Å². The Morgan fingerprint density at radius 3 is 2.72 bits per heavy atom. The molecule has 1 heterocycles. The van der Waals surface area contributed by atoms with Crippen molar-refractivity contribution in [1.29, 1.82) is 0 Å². The maximum absolute atomic E-state index is 13.3. The molecule has 2 nitrogen and oxygen atoms in total. The van der Waals surface area contributed by atoms with Gasteiger partial charge in [-0.1, -0.05) is 20.8 Å². The highest BCUT2D eigenvalue weighted by molar-refractivity contribution is 5.82. The number of hydrogen-bond acceptors (Lipinski definition) is 2. The van der Waals surface area contributed by atoms with Crippen LogP contribution < -0.4 is 5.32 Å². The molecule has 2 aromatic rings. The Bertz CT molecular complexity index is 549. The number of pyridine rings is 1. The summed E-state index contributed by atoms with van der Waals surface area (Å²) in [5.41, 5.74) is 3.04. The Morgan fingerprint density at radius 1 is 1.28 bits per heavy atom. The first-order valence-electron chi connectivity index (χ1n) is 6.41. The first-order chi connectivity index (χ1) is 8.61. The lowest BCUT2D eigenvalue weighted by atomic mass is 10.0. The molecule has 0 fully saturated rings. The molecule has 0 amide bonds. The topological polar surface area (TPSA) is 24.9 Å². The third-order valence-electron chi connectivity index (χ3n) is 3.03. The van der Waals surface area contributed by atoms with E-state index in [0.717, 1.165) is 35.2 Å². The van der Waals surface area contributed by atoms with E-state index in [0.29, 0.717) is 5.92 Å². The molecule has 1 N–H and O–H groups in total. The molecule has 0 saturated heterocycles. The zero-order valence-corrected chi connectivity index (χ0v) is 11.1. The van der Waals surface area contributed by atoms with Gasteiger partial charge in [-0.2, -0.15) is 0 Å². The maximum Gasteiger partial charge on any atom is 0.123 e. The van der Waals surface area contributed by atoms with Crippen molar-refractivity contribution in [1.82, 2.24) is 10.3 Å². The van der Waals surface area contributed by atoms with Crippen LogP contribution in [-0.4, -0.2) is 11.5 Å². The van der Waals surface area contributed by atoms with Crippen molar-refractivity contribution < 1.29 is 4.39 Å². The number of nitrogens with one attached hydrogen (secondary N) is 1. The van der Waals surface area contributed by atoms with E-state index in [1.807, 2.05) is 0 Å². The molecule has 0 spiro atoms. The van der Waals surface area contributed by atoms with Crippen LogP contribution in [0.3, 0.4) is 0 Å². The van der Waals surface area contributed by atoms with Gasteiger partial charge in [-0.05, 0) is 42.3 Å². The highest BCUT2D eigenvalue weighted by atomic mass is 19.1. The molecule has 0 bridgehead atoms. The summed E-state index contributed by atoms with van der Waals surface area (Å²) in [6.45, 7) is 7.95. The van der Waals surface area contributed by atoms with Crippen molar-refractivity contribution >= 4 is 10.9 Å². The number of fused-ring (bicyclic) bond motifs is 1. The van der Waals surface area contributed by atoms with Gasteiger partial charge < -0.3 is 5.32 Å². The summed E-state index contributed by atoms with van der Waals surface area (Å²) in [6, 6.07) is 6.87. The molecular weight excluding hydrogens is 227 g/mol. The molecule has 0 aliphatic carbocycles. The second kappa shape index (κ2) is 5.44. The van der Waals surface area contributed by atoms with Crippen molar-refractivity contribution in [2.75, 3.05) is 6.54 Å². The SMILES string of the molecule is CCNCc1cc(C(C)C)nc2ccc(F)cc12. The zero-order chi connectivity index (χ0) is 13.1. The Hall–Kier alpha value is -1.48. The van der Waals surface area contributed by atoms with Crippen LogP contribution in [0.2, 0.25) is 0 Å². The van der Waals surface area contributed by atoms with Crippen molar-refractivity contribution in [3.05, 3.63) is 41.3 Å². The van der Waals surface area contributed by atoms with Gasteiger partial charge in [0.05, 0.1) is 5.52 Å². The number of nitrogens with zero attached hydrogens (tertiary/aromatic N) is 1. The molecule has 3 heteroatoms.